The summed E-state index contributed by atoms with van der Waals surface area (Å²) >= 11 is 0. The molecule has 0 amide bonds. The zero-order valence-electron chi connectivity index (χ0n) is 8.93. The van der Waals surface area contributed by atoms with E-state index in [9.17, 15) is 9.59 Å². The first-order valence-electron chi connectivity index (χ1n) is 4.52. The van der Waals surface area contributed by atoms with Gasteiger partial charge in [-0.3, -0.25) is 9.59 Å². The highest BCUT2D eigenvalue weighted by Gasteiger charge is 2.26. The summed E-state index contributed by atoms with van der Waals surface area (Å²) < 4.78 is 4.93. The van der Waals surface area contributed by atoms with Crippen LogP contribution in [0.15, 0.2) is 24.3 Å². The smallest absolute Gasteiger partial charge is 0.404 e. The summed E-state index contributed by atoms with van der Waals surface area (Å²) in [5.41, 5.74) is 8.34. The number of ketones is 2. The van der Waals surface area contributed by atoms with Gasteiger partial charge in [0.2, 0.25) is 5.78 Å². The molecule has 5 heteroatoms. The van der Waals surface area contributed by atoms with Crippen LogP contribution in [0.2, 0.25) is 0 Å². The molecule has 1 aromatic rings. The average molecular weight is 218 g/mol. The minimum atomic E-state index is -0.613. The number of hydrogen-bond acceptors (Lipinski definition) is 3. The topological polar surface area (TPSA) is 79.8 Å². The Hall–Kier alpha value is -2.26. The number of ether oxygens (including phenoxy) is 1. The minimum absolute atomic E-state index is 0.267. The van der Waals surface area contributed by atoms with Gasteiger partial charge in [0.15, 0.2) is 0 Å². The highest BCUT2D eigenvalue weighted by molar-refractivity contribution is 6.66. The predicted molar refractivity (Wildman–Crippen MR) is 56.6 cm³/mol. The van der Waals surface area contributed by atoms with Crippen LogP contribution in [0.5, 0.6) is 5.75 Å². The number of methoxy groups -OCH3 is 1. The molecular formula is C11H10N2O3. The second-order valence-electron chi connectivity index (χ2n) is 3.06. The Morgan fingerprint density at radius 1 is 1.25 bits per heavy atom. The zero-order valence-corrected chi connectivity index (χ0v) is 8.93. The van der Waals surface area contributed by atoms with Gasteiger partial charge in [-0.25, -0.2) is 0 Å². The van der Waals surface area contributed by atoms with E-state index in [1.165, 1.54) is 19.2 Å². The maximum atomic E-state index is 11.7. The fourth-order valence-corrected chi connectivity index (χ4v) is 1.15. The van der Waals surface area contributed by atoms with E-state index >= 15 is 0 Å². The Labute approximate surface area is 92.3 Å². The lowest BCUT2D eigenvalue weighted by atomic mass is 10.0. The van der Waals surface area contributed by atoms with Crippen molar-refractivity contribution < 1.29 is 19.1 Å². The monoisotopic (exact) mass is 218 g/mol. The Morgan fingerprint density at radius 2 is 1.81 bits per heavy atom. The first kappa shape index (κ1) is 11.8. The maximum absolute atomic E-state index is 11.7. The molecule has 1 aromatic carbocycles. The van der Waals surface area contributed by atoms with Gasteiger partial charge in [-0.1, -0.05) is 0 Å². The third kappa shape index (κ3) is 2.40. The van der Waals surface area contributed by atoms with Crippen LogP contribution in [-0.4, -0.2) is 29.2 Å². The fraction of sp³-hybridized carbons (Fsp3) is 0.182. The molecule has 0 saturated heterocycles. The van der Waals surface area contributed by atoms with E-state index in [0.717, 1.165) is 6.92 Å². The summed E-state index contributed by atoms with van der Waals surface area (Å²) in [5, 5.41) is 0. The van der Waals surface area contributed by atoms with E-state index in [1.54, 1.807) is 12.1 Å². The van der Waals surface area contributed by atoms with Crippen LogP contribution in [0.1, 0.15) is 17.3 Å². The third-order valence-electron chi connectivity index (χ3n) is 2.00. The summed E-state index contributed by atoms with van der Waals surface area (Å²) in [6, 6.07) is 6.16. The van der Waals surface area contributed by atoms with Crippen molar-refractivity contribution in [1.29, 1.82) is 0 Å². The number of hydrogen-bond donors (Lipinski definition) is 0. The lowest BCUT2D eigenvalue weighted by Crippen LogP contribution is -2.23. The number of nitrogens with zero attached hydrogens (tertiary/aromatic N) is 2. The number of carbonyl (C=O) groups excluding carboxylic acids is 2. The number of carbonyl (C=O) groups is 2. The van der Waals surface area contributed by atoms with E-state index in [2.05, 4.69) is 4.79 Å². The highest BCUT2D eigenvalue weighted by atomic mass is 16.5. The van der Waals surface area contributed by atoms with Gasteiger partial charge in [-0.05, 0) is 24.3 Å². The summed E-state index contributed by atoms with van der Waals surface area (Å²) in [6.07, 6.45) is 0. The molecule has 16 heavy (non-hydrogen) atoms. The van der Waals surface area contributed by atoms with Gasteiger partial charge in [0, 0.05) is 12.5 Å². The van der Waals surface area contributed by atoms with Crippen molar-refractivity contribution >= 4 is 17.3 Å². The molecule has 0 saturated carbocycles. The van der Waals surface area contributed by atoms with E-state index < -0.39 is 17.3 Å². The van der Waals surface area contributed by atoms with Gasteiger partial charge in [-0.15, -0.1) is 0 Å². The first-order valence-corrected chi connectivity index (χ1v) is 4.52. The molecule has 0 aromatic heterocycles. The van der Waals surface area contributed by atoms with Gasteiger partial charge in [0.1, 0.15) is 5.75 Å². The second kappa shape index (κ2) is 5.00. The molecule has 0 atom stereocenters. The maximum Gasteiger partial charge on any atom is 0.404 e. The highest BCUT2D eigenvalue weighted by Crippen LogP contribution is 2.11. The van der Waals surface area contributed by atoms with Crippen LogP contribution in [-0.2, 0) is 4.79 Å². The average Bonchev–Trinajstić information content (AvgIpc) is 2.29. The molecule has 0 fully saturated rings. The van der Waals surface area contributed by atoms with Gasteiger partial charge < -0.3 is 10.3 Å². The van der Waals surface area contributed by atoms with Gasteiger partial charge in [0.25, 0.3) is 5.78 Å². The van der Waals surface area contributed by atoms with Crippen molar-refractivity contribution in [3.63, 3.8) is 0 Å². The van der Waals surface area contributed by atoms with Crippen molar-refractivity contribution in [2.45, 2.75) is 6.92 Å². The Balaban J connectivity index is 3.05. The van der Waals surface area contributed by atoms with Crippen LogP contribution in [0, 0.1) is 0 Å². The Kier molecular flexibility index (Phi) is 3.69. The van der Waals surface area contributed by atoms with Crippen molar-refractivity contribution in [3.05, 3.63) is 35.4 Å². The van der Waals surface area contributed by atoms with E-state index in [-0.39, 0.29) is 5.56 Å². The second-order valence-corrected chi connectivity index (χ2v) is 3.06. The molecule has 1 rings (SSSR count). The molecule has 0 aliphatic heterocycles. The largest absolute Gasteiger partial charge is 0.497 e. The molecule has 0 bridgehead atoms. The standard InChI is InChI=1S/C11H10N2O3/c1-7(14)10(13-12)11(15)8-3-5-9(16-2)6-4-8/h3-6H,1-2H3. The van der Waals surface area contributed by atoms with Gasteiger partial charge in [0.05, 0.1) is 7.11 Å². The minimum Gasteiger partial charge on any atom is -0.497 e. The van der Waals surface area contributed by atoms with Crippen molar-refractivity contribution in [2.75, 3.05) is 7.11 Å². The van der Waals surface area contributed by atoms with E-state index in [1.807, 2.05) is 0 Å². The molecular weight excluding hydrogens is 208 g/mol. The third-order valence-corrected chi connectivity index (χ3v) is 2.00. The van der Waals surface area contributed by atoms with Gasteiger partial charge in [-0.2, -0.15) is 4.79 Å². The molecule has 0 unspecified atom stereocenters. The summed E-state index contributed by atoms with van der Waals surface area (Å²) in [5.74, 6) is -0.595. The Bertz CT molecular complexity index is 471. The Morgan fingerprint density at radius 3 is 2.19 bits per heavy atom. The number of benzene rings is 1. The summed E-state index contributed by atoms with van der Waals surface area (Å²) in [4.78, 5) is 25.3. The van der Waals surface area contributed by atoms with Gasteiger partial charge >= 0.3 is 5.71 Å². The van der Waals surface area contributed by atoms with Crippen molar-refractivity contribution in [2.24, 2.45) is 0 Å². The first-order chi connectivity index (χ1) is 7.60. The van der Waals surface area contributed by atoms with Crippen LogP contribution in [0.3, 0.4) is 0 Å². The number of rotatable bonds is 4. The van der Waals surface area contributed by atoms with Crippen LogP contribution in [0.4, 0.5) is 0 Å². The number of Topliss-reactive ketones (excluding diaryl/α,β-unsaturated/α-hetero) is 2. The molecule has 82 valence electrons. The molecule has 0 aliphatic rings. The van der Waals surface area contributed by atoms with Crippen molar-refractivity contribution in [1.82, 2.24) is 0 Å². The fourth-order valence-electron chi connectivity index (χ4n) is 1.15. The zero-order chi connectivity index (χ0) is 12.1. The van der Waals surface area contributed by atoms with E-state index in [4.69, 9.17) is 10.3 Å². The molecule has 0 radical (unpaired) electrons. The van der Waals surface area contributed by atoms with E-state index in [0.29, 0.717) is 5.75 Å². The van der Waals surface area contributed by atoms with Crippen LogP contribution >= 0.6 is 0 Å². The quantitative estimate of drug-likeness (QED) is 0.250. The lowest BCUT2D eigenvalue weighted by Gasteiger charge is -1.99. The summed E-state index contributed by atoms with van der Waals surface area (Å²) in [7, 11) is 1.51. The summed E-state index contributed by atoms with van der Waals surface area (Å²) in [6.45, 7) is 1.16. The molecule has 0 spiro atoms. The molecule has 0 N–H and O–H groups in total. The lowest BCUT2D eigenvalue weighted by molar-refractivity contribution is -0.115. The molecule has 5 nitrogen and oxygen atoms in total. The van der Waals surface area contributed by atoms with Crippen LogP contribution in [0.25, 0.3) is 5.53 Å². The molecule has 0 aliphatic carbocycles. The SMILES string of the molecule is COc1ccc(C(=O)C(=[N+]=[N-])C(C)=O)cc1. The van der Waals surface area contributed by atoms with Crippen molar-refractivity contribution in [3.8, 4) is 5.75 Å². The van der Waals surface area contributed by atoms with Crippen LogP contribution < -0.4 is 4.74 Å². The predicted octanol–water partition coefficient (Wildman–Crippen LogP) is 1.14. The molecule has 0 heterocycles. The normalized spacial score (nSPS) is 9.12.